The summed E-state index contributed by atoms with van der Waals surface area (Å²) in [6, 6.07) is 9.06. The van der Waals surface area contributed by atoms with E-state index in [1.165, 1.54) is 18.3 Å². The van der Waals surface area contributed by atoms with E-state index in [4.69, 9.17) is 5.73 Å². The Morgan fingerprint density at radius 2 is 1.76 bits per heavy atom. The summed E-state index contributed by atoms with van der Waals surface area (Å²) in [5.41, 5.74) is 7.70. The maximum Gasteiger partial charge on any atom is 0.416 e. The number of aryl methyl sites for hydroxylation is 1. The van der Waals surface area contributed by atoms with Crippen molar-refractivity contribution in [2.75, 3.05) is 49.1 Å². The molecule has 1 amide bonds. The summed E-state index contributed by atoms with van der Waals surface area (Å²) in [7, 11) is 0. The Morgan fingerprint density at radius 1 is 1.03 bits per heavy atom. The molecule has 0 aliphatic carbocycles. The van der Waals surface area contributed by atoms with E-state index >= 15 is 0 Å². The SMILES string of the molecule is CCN1CCN(Cc2ccc(NC(=O)c3ccc(C)c(NCc4cnc(N)cn4)c3)cc2C(F)(F)F)CC1. The largest absolute Gasteiger partial charge is 0.416 e. The molecule has 2 heterocycles. The number of nitrogen functional groups attached to an aromatic ring is 1. The molecule has 1 saturated heterocycles. The number of piperazine rings is 1. The van der Waals surface area contributed by atoms with Gasteiger partial charge in [-0.15, -0.1) is 0 Å². The molecule has 0 bridgehead atoms. The van der Waals surface area contributed by atoms with Crippen molar-refractivity contribution in [2.24, 2.45) is 0 Å². The van der Waals surface area contributed by atoms with Gasteiger partial charge < -0.3 is 21.3 Å². The van der Waals surface area contributed by atoms with Crippen molar-refractivity contribution in [2.45, 2.75) is 33.1 Å². The first kappa shape index (κ1) is 27.3. The maximum absolute atomic E-state index is 13.9. The maximum atomic E-state index is 13.9. The molecule has 0 unspecified atom stereocenters. The zero-order valence-corrected chi connectivity index (χ0v) is 21.5. The van der Waals surface area contributed by atoms with Crippen molar-refractivity contribution in [3.63, 3.8) is 0 Å². The molecular formula is C27H32F3N7O. The zero-order chi connectivity index (χ0) is 27.3. The number of halogens is 3. The molecule has 4 rings (SSSR count). The number of carbonyl (C=O) groups excluding carboxylic acids is 1. The predicted molar refractivity (Wildman–Crippen MR) is 142 cm³/mol. The number of rotatable bonds is 8. The number of hydrogen-bond donors (Lipinski definition) is 3. The van der Waals surface area contributed by atoms with Crippen molar-refractivity contribution in [3.05, 3.63) is 76.7 Å². The molecule has 1 aliphatic rings. The lowest BCUT2D eigenvalue weighted by Crippen LogP contribution is -2.45. The fraction of sp³-hybridized carbons (Fsp3) is 0.370. The van der Waals surface area contributed by atoms with Crippen molar-refractivity contribution in [3.8, 4) is 0 Å². The second-order valence-corrected chi connectivity index (χ2v) is 9.35. The van der Waals surface area contributed by atoms with Gasteiger partial charge in [-0.05, 0) is 48.9 Å². The number of carbonyl (C=O) groups is 1. The van der Waals surface area contributed by atoms with Gasteiger partial charge in [-0.3, -0.25) is 14.7 Å². The zero-order valence-electron chi connectivity index (χ0n) is 21.5. The quantitative estimate of drug-likeness (QED) is 0.400. The Bertz CT molecular complexity index is 1260. The number of amides is 1. The van der Waals surface area contributed by atoms with E-state index in [9.17, 15) is 18.0 Å². The predicted octanol–water partition coefficient (Wildman–Crippen LogP) is 4.39. The average Bonchev–Trinajstić information content (AvgIpc) is 2.89. The second-order valence-electron chi connectivity index (χ2n) is 9.35. The number of nitrogens with one attached hydrogen (secondary N) is 2. The number of likely N-dealkylation sites (N-methyl/N-ethyl adjacent to an activating group) is 1. The molecule has 38 heavy (non-hydrogen) atoms. The Balaban J connectivity index is 1.46. The summed E-state index contributed by atoms with van der Waals surface area (Å²) in [5, 5.41) is 5.83. The lowest BCUT2D eigenvalue weighted by Gasteiger charge is -2.34. The van der Waals surface area contributed by atoms with E-state index in [1.807, 2.05) is 11.8 Å². The van der Waals surface area contributed by atoms with E-state index in [0.717, 1.165) is 44.4 Å². The van der Waals surface area contributed by atoms with Crippen LogP contribution in [0, 0.1) is 6.92 Å². The average molecular weight is 528 g/mol. The van der Waals surface area contributed by atoms with Crippen LogP contribution in [0.2, 0.25) is 0 Å². The van der Waals surface area contributed by atoms with Gasteiger partial charge in [-0.25, -0.2) is 4.98 Å². The first-order chi connectivity index (χ1) is 18.1. The van der Waals surface area contributed by atoms with Crippen LogP contribution in [0.25, 0.3) is 0 Å². The smallest absolute Gasteiger partial charge is 0.382 e. The first-order valence-electron chi connectivity index (χ1n) is 12.5. The summed E-state index contributed by atoms with van der Waals surface area (Å²) in [6.07, 6.45) is -1.52. The van der Waals surface area contributed by atoms with Crippen molar-refractivity contribution in [1.29, 1.82) is 0 Å². The summed E-state index contributed by atoms with van der Waals surface area (Å²) < 4.78 is 41.8. The van der Waals surface area contributed by atoms with Gasteiger partial charge in [0.15, 0.2) is 0 Å². The minimum absolute atomic E-state index is 0.0918. The highest BCUT2D eigenvalue weighted by Gasteiger charge is 2.34. The first-order valence-corrected chi connectivity index (χ1v) is 12.5. The summed E-state index contributed by atoms with van der Waals surface area (Å²) in [5.74, 6) is -0.183. The molecule has 2 aromatic carbocycles. The van der Waals surface area contributed by atoms with E-state index in [0.29, 0.717) is 29.3 Å². The number of nitrogens with zero attached hydrogens (tertiary/aromatic N) is 4. The Kier molecular flexibility index (Phi) is 8.48. The molecule has 1 fully saturated rings. The molecular weight excluding hydrogens is 495 g/mol. The third-order valence-electron chi connectivity index (χ3n) is 6.66. The van der Waals surface area contributed by atoms with Crippen LogP contribution in [0.15, 0.2) is 48.8 Å². The number of alkyl halides is 3. The number of benzene rings is 2. The van der Waals surface area contributed by atoms with Crippen LogP contribution in [-0.4, -0.2) is 58.4 Å². The molecule has 0 radical (unpaired) electrons. The molecule has 0 atom stereocenters. The number of anilines is 3. The van der Waals surface area contributed by atoms with E-state index in [1.54, 1.807) is 24.4 Å². The minimum atomic E-state index is -4.53. The standard InChI is InChI=1S/C27H32F3N7O/c1-3-36-8-10-37(11-9-36)17-20-6-7-21(13-23(20)27(28,29)30)35-26(38)19-5-4-18(2)24(12-19)33-14-22-15-34-25(31)16-32-22/h4-7,12-13,15-16,33H,3,8-11,14,17H2,1-2H3,(H2,31,34)(H,35,38). The highest BCUT2D eigenvalue weighted by molar-refractivity contribution is 6.05. The number of nitrogens with two attached hydrogens (primary N) is 1. The highest BCUT2D eigenvalue weighted by Crippen LogP contribution is 2.35. The lowest BCUT2D eigenvalue weighted by atomic mass is 10.0. The van der Waals surface area contributed by atoms with Crippen LogP contribution in [0.4, 0.5) is 30.4 Å². The third-order valence-corrected chi connectivity index (χ3v) is 6.66. The molecule has 0 saturated carbocycles. The van der Waals surface area contributed by atoms with Gasteiger partial charge in [0.05, 0.1) is 30.2 Å². The molecule has 0 spiro atoms. The normalized spacial score (nSPS) is 14.9. The van der Waals surface area contributed by atoms with Gasteiger partial charge in [-0.2, -0.15) is 13.2 Å². The Labute approximate surface area is 220 Å². The molecule has 4 N–H and O–H groups in total. The number of aromatic nitrogens is 2. The summed E-state index contributed by atoms with van der Waals surface area (Å²) in [6.45, 7) is 8.60. The highest BCUT2D eigenvalue weighted by atomic mass is 19.4. The van der Waals surface area contributed by atoms with Crippen molar-refractivity contribution >= 4 is 23.1 Å². The van der Waals surface area contributed by atoms with Crippen LogP contribution in [0.3, 0.4) is 0 Å². The lowest BCUT2D eigenvalue weighted by molar-refractivity contribution is -0.138. The van der Waals surface area contributed by atoms with Crippen molar-refractivity contribution in [1.82, 2.24) is 19.8 Å². The van der Waals surface area contributed by atoms with Crippen LogP contribution in [-0.2, 0) is 19.3 Å². The monoisotopic (exact) mass is 527 g/mol. The second kappa shape index (κ2) is 11.8. The molecule has 8 nitrogen and oxygen atoms in total. The Hall–Kier alpha value is -3.70. The van der Waals surface area contributed by atoms with Gasteiger partial charge in [0, 0.05) is 49.7 Å². The van der Waals surface area contributed by atoms with Crippen LogP contribution < -0.4 is 16.4 Å². The van der Waals surface area contributed by atoms with E-state index in [-0.39, 0.29) is 17.8 Å². The van der Waals surface area contributed by atoms with Crippen LogP contribution in [0.1, 0.15) is 39.7 Å². The van der Waals surface area contributed by atoms with Crippen molar-refractivity contribution < 1.29 is 18.0 Å². The summed E-state index contributed by atoms with van der Waals surface area (Å²) >= 11 is 0. The minimum Gasteiger partial charge on any atom is -0.382 e. The molecule has 202 valence electrons. The van der Waals surface area contributed by atoms with Gasteiger partial charge in [0.1, 0.15) is 5.82 Å². The Morgan fingerprint density at radius 3 is 2.42 bits per heavy atom. The fourth-order valence-electron chi connectivity index (χ4n) is 4.36. The topological polar surface area (TPSA) is 99.4 Å². The van der Waals surface area contributed by atoms with Gasteiger partial charge in [0.2, 0.25) is 0 Å². The van der Waals surface area contributed by atoms with E-state index in [2.05, 4.69) is 32.4 Å². The third kappa shape index (κ3) is 6.99. The molecule has 1 aromatic heterocycles. The summed E-state index contributed by atoms with van der Waals surface area (Å²) in [4.78, 5) is 25.4. The van der Waals surface area contributed by atoms with Crippen LogP contribution >= 0.6 is 0 Å². The van der Waals surface area contributed by atoms with Gasteiger partial charge in [0.25, 0.3) is 5.91 Å². The molecule has 1 aliphatic heterocycles. The fourth-order valence-corrected chi connectivity index (χ4v) is 4.36. The van der Waals surface area contributed by atoms with Crippen LogP contribution in [0.5, 0.6) is 0 Å². The van der Waals surface area contributed by atoms with Gasteiger partial charge >= 0.3 is 6.18 Å². The number of hydrogen-bond acceptors (Lipinski definition) is 7. The molecule has 11 heteroatoms. The molecule has 3 aromatic rings. The van der Waals surface area contributed by atoms with Gasteiger partial charge in [-0.1, -0.05) is 19.1 Å². The van der Waals surface area contributed by atoms with E-state index < -0.39 is 17.6 Å².